The van der Waals surface area contributed by atoms with Crippen molar-refractivity contribution in [3.63, 3.8) is 0 Å². The van der Waals surface area contributed by atoms with Crippen LogP contribution in [0.4, 0.5) is 0 Å². The van der Waals surface area contributed by atoms with Gasteiger partial charge in [0, 0.05) is 5.38 Å². The first-order valence-corrected chi connectivity index (χ1v) is 6.97. The molecule has 2 fully saturated rings. The smallest absolute Gasteiger partial charge is 0.119 e. The zero-order valence-electron chi connectivity index (χ0n) is 10.2. The molecule has 3 atom stereocenters. The van der Waals surface area contributed by atoms with Crippen molar-refractivity contribution in [2.24, 2.45) is 17.8 Å². The highest BCUT2D eigenvalue weighted by atomic mass is 35.5. The fraction of sp³-hybridized carbons (Fsp3) is 0.600. The number of benzene rings is 1. The Morgan fingerprint density at radius 3 is 2.76 bits per heavy atom. The van der Waals surface area contributed by atoms with E-state index < -0.39 is 0 Å². The van der Waals surface area contributed by atoms with Crippen LogP contribution in [0.5, 0.6) is 5.75 Å². The lowest BCUT2D eigenvalue weighted by Gasteiger charge is -2.18. The summed E-state index contributed by atoms with van der Waals surface area (Å²) >= 11 is 6.56. The van der Waals surface area contributed by atoms with Crippen molar-refractivity contribution in [2.75, 3.05) is 7.11 Å². The van der Waals surface area contributed by atoms with Crippen molar-refractivity contribution in [3.8, 4) is 5.75 Å². The Hall–Kier alpha value is -0.690. The minimum absolute atomic E-state index is 0.301. The van der Waals surface area contributed by atoms with Crippen LogP contribution in [0.3, 0.4) is 0 Å². The Labute approximate surface area is 108 Å². The molecule has 0 aromatic heterocycles. The Bertz CT molecular complexity index is 394. The first-order valence-electron chi connectivity index (χ1n) is 6.53. The number of hydrogen-bond donors (Lipinski definition) is 0. The SMILES string of the molecule is COc1cccc(CC(Cl)C2CC3CC3C2)c1. The zero-order valence-corrected chi connectivity index (χ0v) is 11.0. The van der Waals surface area contributed by atoms with E-state index in [1.807, 2.05) is 12.1 Å². The van der Waals surface area contributed by atoms with Gasteiger partial charge < -0.3 is 4.74 Å². The van der Waals surface area contributed by atoms with Crippen LogP contribution in [0.1, 0.15) is 24.8 Å². The average Bonchev–Trinajstić information content (AvgIpc) is 2.96. The average molecular weight is 251 g/mol. The normalized spacial score (nSPS) is 32.0. The van der Waals surface area contributed by atoms with Crippen LogP contribution in [0.2, 0.25) is 0 Å². The van der Waals surface area contributed by atoms with Crippen LogP contribution >= 0.6 is 11.6 Å². The molecule has 3 unspecified atom stereocenters. The molecule has 0 aliphatic heterocycles. The van der Waals surface area contributed by atoms with Crippen LogP contribution in [-0.2, 0) is 6.42 Å². The molecule has 2 aliphatic rings. The fourth-order valence-electron chi connectivity index (χ4n) is 3.25. The second-order valence-electron chi connectivity index (χ2n) is 5.56. The lowest BCUT2D eigenvalue weighted by atomic mass is 9.94. The predicted octanol–water partition coefficient (Wildman–Crippen LogP) is 3.89. The molecule has 0 spiro atoms. The van der Waals surface area contributed by atoms with Crippen LogP contribution in [0, 0.1) is 17.8 Å². The van der Waals surface area contributed by atoms with Crippen molar-refractivity contribution in [1.29, 1.82) is 0 Å². The van der Waals surface area contributed by atoms with E-state index in [1.165, 1.54) is 24.8 Å². The van der Waals surface area contributed by atoms with Crippen LogP contribution in [0.15, 0.2) is 24.3 Å². The highest BCUT2D eigenvalue weighted by molar-refractivity contribution is 6.21. The number of hydrogen-bond acceptors (Lipinski definition) is 1. The molecule has 0 saturated heterocycles. The van der Waals surface area contributed by atoms with Gasteiger partial charge in [-0.3, -0.25) is 0 Å². The second-order valence-corrected chi connectivity index (χ2v) is 6.12. The summed E-state index contributed by atoms with van der Waals surface area (Å²) in [4.78, 5) is 0. The molecule has 0 N–H and O–H groups in total. The lowest BCUT2D eigenvalue weighted by Crippen LogP contribution is -2.16. The molecule has 17 heavy (non-hydrogen) atoms. The van der Waals surface area contributed by atoms with Gasteiger partial charge in [-0.2, -0.15) is 0 Å². The van der Waals surface area contributed by atoms with E-state index in [4.69, 9.17) is 16.3 Å². The number of rotatable bonds is 4. The van der Waals surface area contributed by atoms with Gasteiger partial charge in [-0.15, -0.1) is 11.6 Å². The summed E-state index contributed by atoms with van der Waals surface area (Å²) in [6.07, 6.45) is 5.17. The molecule has 92 valence electrons. The number of fused-ring (bicyclic) bond motifs is 1. The van der Waals surface area contributed by atoms with Gasteiger partial charge in [-0.05, 0) is 61.1 Å². The van der Waals surface area contributed by atoms with Crippen molar-refractivity contribution in [1.82, 2.24) is 0 Å². The van der Waals surface area contributed by atoms with E-state index in [1.54, 1.807) is 7.11 Å². The summed E-state index contributed by atoms with van der Waals surface area (Å²) in [6.45, 7) is 0. The second kappa shape index (κ2) is 4.53. The Morgan fingerprint density at radius 1 is 1.29 bits per heavy atom. The van der Waals surface area contributed by atoms with Crippen molar-refractivity contribution in [3.05, 3.63) is 29.8 Å². The number of methoxy groups -OCH3 is 1. The van der Waals surface area contributed by atoms with E-state index in [2.05, 4.69) is 12.1 Å². The van der Waals surface area contributed by atoms with Gasteiger partial charge in [0.15, 0.2) is 0 Å². The Morgan fingerprint density at radius 2 is 2.06 bits per heavy atom. The first-order chi connectivity index (χ1) is 8.26. The number of ether oxygens (including phenoxy) is 1. The minimum atomic E-state index is 0.301. The topological polar surface area (TPSA) is 9.23 Å². The van der Waals surface area contributed by atoms with E-state index in [9.17, 15) is 0 Å². The molecule has 2 aliphatic carbocycles. The highest BCUT2D eigenvalue weighted by Gasteiger charge is 2.47. The fourth-order valence-corrected chi connectivity index (χ4v) is 3.63. The predicted molar refractivity (Wildman–Crippen MR) is 70.7 cm³/mol. The minimum Gasteiger partial charge on any atom is -0.497 e. The van der Waals surface area contributed by atoms with Gasteiger partial charge in [0.1, 0.15) is 5.75 Å². The third kappa shape index (κ3) is 2.44. The molecule has 3 rings (SSSR count). The third-order valence-corrected chi connectivity index (χ3v) is 4.87. The highest BCUT2D eigenvalue weighted by Crippen LogP contribution is 2.56. The van der Waals surface area contributed by atoms with Crippen molar-refractivity contribution < 1.29 is 4.74 Å². The molecule has 0 heterocycles. The summed E-state index contributed by atoms with van der Waals surface area (Å²) < 4.78 is 5.24. The summed E-state index contributed by atoms with van der Waals surface area (Å²) in [5.41, 5.74) is 1.30. The quantitative estimate of drug-likeness (QED) is 0.737. The standard InChI is InChI=1S/C15H19ClO/c1-17-14-4-2-3-10(5-14)6-15(16)13-8-11-7-12(11)9-13/h2-5,11-13,15H,6-9H2,1H3. The number of alkyl halides is 1. The summed E-state index contributed by atoms with van der Waals surface area (Å²) in [5, 5.41) is 0.301. The molecule has 1 aromatic carbocycles. The van der Waals surface area contributed by atoms with Crippen molar-refractivity contribution >= 4 is 11.6 Å². The van der Waals surface area contributed by atoms with E-state index in [0.717, 1.165) is 29.9 Å². The maximum Gasteiger partial charge on any atom is 0.119 e. The van der Waals surface area contributed by atoms with E-state index >= 15 is 0 Å². The van der Waals surface area contributed by atoms with Gasteiger partial charge in [-0.1, -0.05) is 12.1 Å². The maximum atomic E-state index is 6.56. The molecule has 0 amide bonds. The monoisotopic (exact) mass is 250 g/mol. The summed E-state index contributed by atoms with van der Waals surface area (Å²) in [5.74, 6) is 3.71. The summed E-state index contributed by atoms with van der Waals surface area (Å²) in [7, 11) is 1.71. The lowest BCUT2D eigenvalue weighted by molar-refractivity contribution is 0.413. The van der Waals surface area contributed by atoms with E-state index in [0.29, 0.717) is 5.38 Å². The molecule has 0 bridgehead atoms. The summed E-state index contributed by atoms with van der Waals surface area (Å²) in [6, 6.07) is 8.28. The molecule has 0 radical (unpaired) electrons. The van der Waals surface area contributed by atoms with Gasteiger partial charge in [0.2, 0.25) is 0 Å². The van der Waals surface area contributed by atoms with Crippen LogP contribution in [-0.4, -0.2) is 12.5 Å². The van der Waals surface area contributed by atoms with E-state index in [-0.39, 0.29) is 0 Å². The maximum absolute atomic E-state index is 6.56. The molecule has 2 saturated carbocycles. The zero-order chi connectivity index (χ0) is 11.8. The van der Waals surface area contributed by atoms with Crippen molar-refractivity contribution in [2.45, 2.75) is 31.1 Å². The molecule has 1 aromatic rings. The molecule has 2 heteroatoms. The number of halogens is 1. The largest absolute Gasteiger partial charge is 0.497 e. The van der Waals surface area contributed by atoms with Crippen LogP contribution in [0.25, 0.3) is 0 Å². The Balaban J connectivity index is 1.61. The molecule has 1 nitrogen and oxygen atoms in total. The van der Waals surface area contributed by atoms with Gasteiger partial charge in [0.25, 0.3) is 0 Å². The van der Waals surface area contributed by atoms with Gasteiger partial charge >= 0.3 is 0 Å². The molecular weight excluding hydrogens is 232 g/mol. The van der Waals surface area contributed by atoms with Crippen LogP contribution < -0.4 is 4.74 Å². The Kier molecular flexibility index (Phi) is 3.04. The van der Waals surface area contributed by atoms with Gasteiger partial charge in [-0.25, -0.2) is 0 Å². The van der Waals surface area contributed by atoms with Gasteiger partial charge in [0.05, 0.1) is 7.11 Å². The molecular formula is C15H19ClO. The third-order valence-electron chi connectivity index (χ3n) is 4.36. The first kappa shape index (κ1) is 11.4.